The lowest BCUT2D eigenvalue weighted by atomic mass is 9.76. The van der Waals surface area contributed by atoms with Gasteiger partial charge in [-0.1, -0.05) is 19.8 Å². The van der Waals surface area contributed by atoms with E-state index in [1.54, 1.807) is 0 Å². The topological polar surface area (TPSA) is 33.1 Å². The molecule has 1 N–H and O–H groups in total. The maximum Gasteiger partial charge on any atom is 0.443 e. The number of thiazole rings is 1. The van der Waals surface area contributed by atoms with Crippen LogP contribution in [0.2, 0.25) is 0 Å². The van der Waals surface area contributed by atoms with Crippen molar-refractivity contribution in [1.82, 2.24) is 4.98 Å². The lowest BCUT2D eigenvalue weighted by Gasteiger charge is -2.37. The molecule has 2 rings (SSSR count). The van der Waals surface area contributed by atoms with E-state index in [1.807, 2.05) is 6.92 Å². The van der Waals surface area contributed by atoms with E-state index in [0.717, 1.165) is 19.3 Å². The lowest BCUT2D eigenvalue weighted by molar-refractivity contribution is -0.137. The molecule has 0 spiro atoms. The number of nitrogens with zero attached hydrogens (tertiary/aromatic N) is 1. The first-order valence-corrected chi connectivity index (χ1v) is 6.41. The first-order valence-electron chi connectivity index (χ1n) is 5.60. The molecule has 96 valence electrons. The van der Waals surface area contributed by atoms with Gasteiger partial charge in [0.1, 0.15) is 5.60 Å². The van der Waals surface area contributed by atoms with Crippen molar-refractivity contribution in [3.63, 3.8) is 0 Å². The van der Waals surface area contributed by atoms with E-state index < -0.39 is 16.8 Å². The van der Waals surface area contributed by atoms with Crippen LogP contribution in [0.25, 0.3) is 0 Å². The molecule has 0 amide bonds. The fraction of sp³-hybridized carbons (Fsp3) is 0.727. The Labute approximate surface area is 101 Å². The minimum atomic E-state index is -4.42. The van der Waals surface area contributed by atoms with Crippen molar-refractivity contribution >= 4 is 11.3 Å². The smallest absolute Gasteiger partial charge is 0.384 e. The van der Waals surface area contributed by atoms with Gasteiger partial charge >= 0.3 is 6.18 Å². The van der Waals surface area contributed by atoms with Crippen molar-refractivity contribution < 1.29 is 18.3 Å². The van der Waals surface area contributed by atoms with Crippen LogP contribution in [-0.2, 0) is 11.8 Å². The molecule has 2 unspecified atom stereocenters. The van der Waals surface area contributed by atoms with Crippen molar-refractivity contribution in [3.05, 3.63) is 16.1 Å². The van der Waals surface area contributed by atoms with Crippen molar-refractivity contribution in [2.24, 2.45) is 5.92 Å². The number of hydrogen-bond donors (Lipinski definition) is 1. The Morgan fingerprint density at radius 1 is 1.47 bits per heavy atom. The molecule has 0 saturated heterocycles. The number of aromatic nitrogens is 1. The number of aliphatic hydroxyl groups is 1. The lowest BCUT2D eigenvalue weighted by Crippen LogP contribution is -2.35. The van der Waals surface area contributed by atoms with E-state index in [9.17, 15) is 18.3 Å². The second-order valence-corrected chi connectivity index (χ2v) is 5.63. The highest BCUT2D eigenvalue weighted by Crippen LogP contribution is 2.45. The average Bonchev–Trinajstić information content (AvgIpc) is 2.71. The van der Waals surface area contributed by atoms with E-state index >= 15 is 0 Å². The molecule has 0 radical (unpaired) electrons. The van der Waals surface area contributed by atoms with Crippen molar-refractivity contribution in [2.45, 2.75) is 44.4 Å². The van der Waals surface area contributed by atoms with Gasteiger partial charge in [0.2, 0.25) is 0 Å². The van der Waals surface area contributed by atoms with Gasteiger partial charge in [-0.15, -0.1) is 11.3 Å². The largest absolute Gasteiger partial charge is 0.443 e. The molecule has 2 nitrogen and oxygen atoms in total. The second-order valence-electron chi connectivity index (χ2n) is 4.60. The zero-order chi connectivity index (χ0) is 12.7. The van der Waals surface area contributed by atoms with Crippen LogP contribution in [0, 0.1) is 5.92 Å². The second kappa shape index (κ2) is 4.24. The molecule has 2 atom stereocenters. The van der Waals surface area contributed by atoms with Crippen molar-refractivity contribution in [3.8, 4) is 0 Å². The van der Waals surface area contributed by atoms with E-state index in [0.29, 0.717) is 22.6 Å². The minimum absolute atomic E-state index is 0.0159. The van der Waals surface area contributed by atoms with Crippen LogP contribution >= 0.6 is 11.3 Å². The Bertz CT molecular complexity index is 404. The van der Waals surface area contributed by atoms with Gasteiger partial charge in [-0.25, -0.2) is 4.98 Å². The zero-order valence-corrected chi connectivity index (χ0v) is 10.2. The van der Waals surface area contributed by atoms with Crippen molar-refractivity contribution in [1.29, 1.82) is 0 Å². The molecular formula is C11H14F3NOS. The van der Waals surface area contributed by atoms with Gasteiger partial charge in [0.05, 0.1) is 4.88 Å². The van der Waals surface area contributed by atoms with Crippen LogP contribution in [0.15, 0.2) is 6.20 Å². The summed E-state index contributed by atoms with van der Waals surface area (Å²) < 4.78 is 37.4. The Hall–Kier alpha value is -0.620. The van der Waals surface area contributed by atoms with E-state index in [1.165, 1.54) is 6.20 Å². The summed E-state index contributed by atoms with van der Waals surface area (Å²) in [6, 6.07) is 0. The third kappa shape index (κ3) is 2.33. The summed E-state index contributed by atoms with van der Waals surface area (Å²) in [5.41, 5.74) is -1.13. The summed E-state index contributed by atoms with van der Waals surface area (Å²) in [4.78, 5) is 3.72. The minimum Gasteiger partial charge on any atom is -0.384 e. The number of halogens is 3. The third-order valence-corrected chi connectivity index (χ3v) is 4.64. The third-order valence-electron chi connectivity index (χ3n) is 3.44. The normalized spacial score (nSPS) is 30.5. The van der Waals surface area contributed by atoms with Crippen LogP contribution in [0.3, 0.4) is 0 Å². The summed E-state index contributed by atoms with van der Waals surface area (Å²) in [5.74, 6) is -0.0159. The molecule has 1 saturated carbocycles. The number of rotatable bonds is 1. The highest BCUT2D eigenvalue weighted by molar-refractivity contribution is 7.11. The first-order chi connectivity index (χ1) is 7.84. The van der Waals surface area contributed by atoms with Crippen molar-refractivity contribution in [2.75, 3.05) is 0 Å². The summed E-state index contributed by atoms with van der Waals surface area (Å²) in [5, 5.41) is 9.62. The van der Waals surface area contributed by atoms with Crippen LogP contribution in [0.5, 0.6) is 0 Å². The quantitative estimate of drug-likeness (QED) is 0.842. The van der Waals surface area contributed by atoms with Gasteiger partial charge in [-0.2, -0.15) is 13.2 Å². The Morgan fingerprint density at radius 2 is 2.18 bits per heavy atom. The molecule has 0 aromatic carbocycles. The standard InChI is InChI=1S/C11H14F3NOS/c1-7-4-2-3-5-10(7,16)8-6-15-9(17-8)11(12,13)14/h6-7,16H,2-5H2,1H3. The van der Waals surface area contributed by atoms with Gasteiger partial charge in [0.15, 0.2) is 5.01 Å². The fourth-order valence-electron chi connectivity index (χ4n) is 2.30. The molecule has 17 heavy (non-hydrogen) atoms. The SMILES string of the molecule is CC1CCCCC1(O)c1cnc(C(F)(F)F)s1. The maximum absolute atomic E-state index is 12.5. The first kappa shape index (κ1) is 12.8. The van der Waals surface area contributed by atoms with Gasteiger partial charge < -0.3 is 5.11 Å². The van der Waals surface area contributed by atoms with Crippen LogP contribution < -0.4 is 0 Å². The van der Waals surface area contributed by atoms with Gasteiger partial charge in [0, 0.05) is 6.20 Å². The predicted molar refractivity (Wildman–Crippen MR) is 58.6 cm³/mol. The van der Waals surface area contributed by atoms with Crippen LogP contribution in [0.1, 0.15) is 42.5 Å². The zero-order valence-electron chi connectivity index (χ0n) is 9.42. The monoisotopic (exact) mass is 265 g/mol. The number of alkyl halides is 3. The van der Waals surface area contributed by atoms with Crippen LogP contribution in [-0.4, -0.2) is 10.1 Å². The molecule has 1 aromatic heterocycles. The highest BCUT2D eigenvalue weighted by atomic mass is 32.1. The van der Waals surface area contributed by atoms with Crippen LogP contribution in [0.4, 0.5) is 13.2 Å². The predicted octanol–water partition coefficient (Wildman–Crippen LogP) is 3.56. The summed E-state index contributed by atoms with van der Waals surface area (Å²) in [6.45, 7) is 1.88. The summed E-state index contributed by atoms with van der Waals surface area (Å²) in [7, 11) is 0. The van der Waals surface area contributed by atoms with E-state index in [2.05, 4.69) is 4.98 Å². The Kier molecular flexibility index (Phi) is 3.20. The average molecular weight is 265 g/mol. The van der Waals surface area contributed by atoms with E-state index in [4.69, 9.17) is 0 Å². The molecule has 1 aromatic rings. The maximum atomic E-state index is 12.5. The molecule has 1 fully saturated rings. The Morgan fingerprint density at radius 3 is 2.71 bits per heavy atom. The molecule has 0 bridgehead atoms. The Balaban J connectivity index is 2.30. The molecular weight excluding hydrogens is 251 g/mol. The molecule has 1 aliphatic carbocycles. The molecule has 1 heterocycles. The fourth-order valence-corrected chi connectivity index (χ4v) is 3.32. The van der Waals surface area contributed by atoms with Gasteiger partial charge in [0.25, 0.3) is 0 Å². The number of hydrogen-bond acceptors (Lipinski definition) is 3. The summed E-state index contributed by atoms with van der Waals surface area (Å²) >= 11 is 0.563. The highest BCUT2D eigenvalue weighted by Gasteiger charge is 2.42. The summed E-state index contributed by atoms with van der Waals surface area (Å²) in [6.07, 6.45) is -0.00952. The van der Waals surface area contributed by atoms with Gasteiger partial charge in [-0.05, 0) is 18.8 Å². The van der Waals surface area contributed by atoms with Gasteiger partial charge in [-0.3, -0.25) is 0 Å². The molecule has 6 heteroatoms. The van der Waals surface area contributed by atoms with E-state index in [-0.39, 0.29) is 5.92 Å². The molecule has 0 aliphatic heterocycles. The molecule has 1 aliphatic rings.